The summed E-state index contributed by atoms with van der Waals surface area (Å²) in [7, 11) is 2.13. The van der Waals surface area contributed by atoms with Gasteiger partial charge in [-0.1, -0.05) is 0 Å². The van der Waals surface area contributed by atoms with Gasteiger partial charge in [-0.15, -0.1) is 12.6 Å². The number of thiol groups is 1. The first kappa shape index (κ1) is 16.5. The summed E-state index contributed by atoms with van der Waals surface area (Å²) in [6.45, 7) is 4.00. The molecule has 1 amide bonds. The lowest BCUT2D eigenvalue weighted by Crippen LogP contribution is -2.44. The quantitative estimate of drug-likeness (QED) is 0.637. The predicted octanol–water partition coefficient (Wildman–Crippen LogP) is 0.910. The second-order valence-electron chi connectivity index (χ2n) is 5.77. The number of piperazine rings is 1. The number of likely N-dealkylation sites (N-methyl/N-ethyl adjacent to an activating group) is 1. The Kier molecular flexibility index (Phi) is 4.86. The topological polar surface area (TPSA) is 80.3 Å². The molecule has 7 nitrogen and oxygen atoms in total. The van der Waals surface area contributed by atoms with E-state index < -0.39 is 5.91 Å². The molecule has 2 aromatic rings. The highest BCUT2D eigenvalue weighted by molar-refractivity contribution is 7.90. The summed E-state index contributed by atoms with van der Waals surface area (Å²) < 4.78 is 1.51. The summed E-state index contributed by atoms with van der Waals surface area (Å²) in [6.07, 6.45) is 6.57. The SMILES string of the molecule is CN1CCN(c2cc(-c3cnn(/C(S)=C/C(N)=O)c3)ccn2)CC1. The zero-order valence-corrected chi connectivity index (χ0v) is 14.4. The van der Waals surface area contributed by atoms with Crippen molar-refractivity contribution in [1.29, 1.82) is 0 Å². The zero-order valence-electron chi connectivity index (χ0n) is 13.5. The zero-order chi connectivity index (χ0) is 17.1. The number of aromatic nitrogens is 3. The van der Waals surface area contributed by atoms with Crippen molar-refractivity contribution in [1.82, 2.24) is 19.7 Å². The van der Waals surface area contributed by atoms with Gasteiger partial charge in [0.15, 0.2) is 0 Å². The van der Waals surface area contributed by atoms with Crippen molar-refractivity contribution >= 4 is 29.4 Å². The first-order valence-corrected chi connectivity index (χ1v) is 8.13. The monoisotopic (exact) mass is 344 g/mol. The maximum absolute atomic E-state index is 10.9. The van der Waals surface area contributed by atoms with Crippen molar-refractivity contribution in [2.75, 3.05) is 38.1 Å². The number of nitrogens with zero attached hydrogens (tertiary/aromatic N) is 5. The normalized spacial score (nSPS) is 16.4. The molecule has 2 aromatic heterocycles. The van der Waals surface area contributed by atoms with Gasteiger partial charge >= 0.3 is 0 Å². The maximum atomic E-state index is 10.9. The maximum Gasteiger partial charge on any atom is 0.244 e. The van der Waals surface area contributed by atoms with Gasteiger partial charge in [0.1, 0.15) is 5.82 Å². The third-order valence-electron chi connectivity index (χ3n) is 3.99. The van der Waals surface area contributed by atoms with Crippen LogP contribution in [-0.4, -0.2) is 58.8 Å². The molecule has 0 aromatic carbocycles. The van der Waals surface area contributed by atoms with E-state index in [2.05, 4.69) is 45.6 Å². The lowest BCUT2D eigenvalue weighted by atomic mass is 10.1. The van der Waals surface area contributed by atoms with Crippen LogP contribution < -0.4 is 10.6 Å². The molecule has 0 saturated carbocycles. The average Bonchev–Trinajstić information content (AvgIpc) is 3.05. The Labute approximate surface area is 146 Å². The van der Waals surface area contributed by atoms with Crippen LogP contribution >= 0.6 is 12.6 Å². The summed E-state index contributed by atoms with van der Waals surface area (Å²) in [5.74, 6) is 0.408. The van der Waals surface area contributed by atoms with Gasteiger partial charge in [-0.05, 0) is 24.7 Å². The molecule has 3 heterocycles. The second-order valence-corrected chi connectivity index (χ2v) is 6.23. The number of hydrogen-bond donors (Lipinski definition) is 2. The highest BCUT2D eigenvalue weighted by Crippen LogP contribution is 2.24. The smallest absolute Gasteiger partial charge is 0.244 e. The fourth-order valence-corrected chi connectivity index (χ4v) is 2.83. The molecule has 24 heavy (non-hydrogen) atoms. The van der Waals surface area contributed by atoms with Gasteiger partial charge in [0.2, 0.25) is 5.91 Å². The molecule has 0 unspecified atom stereocenters. The molecule has 1 saturated heterocycles. The van der Waals surface area contributed by atoms with E-state index in [4.69, 9.17) is 5.73 Å². The average molecular weight is 344 g/mol. The summed E-state index contributed by atoms with van der Waals surface area (Å²) in [4.78, 5) is 20.0. The van der Waals surface area contributed by atoms with E-state index in [1.54, 1.807) is 12.4 Å². The Morgan fingerprint density at radius 2 is 2.04 bits per heavy atom. The second kappa shape index (κ2) is 7.06. The highest BCUT2D eigenvalue weighted by atomic mass is 32.1. The van der Waals surface area contributed by atoms with Crippen molar-refractivity contribution in [2.45, 2.75) is 0 Å². The fourth-order valence-electron chi connectivity index (χ4n) is 2.60. The number of nitrogens with two attached hydrogens (primary N) is 1. The van der Waals surface area contributed by atoms with E-state index in [1.165, 1.54) is 10.8 Å². The molecule has 2 N–H and O–H groups in total. The van der Waals surface area contributed by atoms with E-state index in [1.807, 2.05) is 12.3 Å². The molecular formula is C16H20N6OS. The molecule has 8 heteroatoms. The van der Waals surface area contributed by atoms with Gasteiger partial charge in [0.05, 0.1) is 11.2 Å². The van der Waals surface area contributed by atoms with Crippen LogP contribution in [0.3, 0.4) is 0 Å². The van der Waals surface area contributed by atoms with Gasteiger partial charge in [0, 0.05) is 50.2 Å². The number of amides is 1. The van der Waals surface area contributed by atoms with Crippen LogP contribution in [0.2, 0.25) is 0 Å². The largest absolute Gasteiger partial charge is 0.366 e. The molecule has 0 bridgehead atoms. The molecule has 126 valence electrons. The van der Waals surface area contributed by atoms with Crippen LogP contribution in [0.1, 0.15) is 0 Å². The summed E-state index contributed by atoms with van der Waals surface area (Å²) in [5.41, 5.74) is 7.09. The Morgan fingerprint density at radius 3 is 2.75 bits per heavy atom. The van der Waals surface area contributed by atoms with Crippen LogP contribution in [0.25, 0.3) is 16.2 Å². The van der Waals surface area contributed by atoms with Crippen LogP contribution in [-0.2, 0) is 4.79 Å². The highest BCUT2D eigenvalue weighted by Gasteiger charge is 2.16. The summed E-state index contributed by atoms with van der Waals surface area (Å²) in [6, 6.07) is 4.00. The molecule has 1 fully saturated rings. The number of rotatable bonds is 4. The number of carbonyl (C=O) groups excluding carboxylic acids is 1. The van der Waals surface area contributed by atoms with Crippen LogP contribution in [0.4, 0.5) is 5.82 Å². The molecule has 0 spiro atoms. The van der Waals surface area contributed by atoms with Gasteiger partial charge in [-0.25, -0.2) is 9.67 Å². The lowest BCUT2D eigenvalue weighted by molar-refractivity contribution is -0.113. The number of hydrogen-bond acceptors (Lipinski definition) is 6. The van der Waals surface area contributed by atoms with Crippen molar-refractivity contribution in [3.05, 3.63) is 36.8 Å². The van der Waals surface area contributed by atoms with Crippen LogP contribution in [0.5, 0.6) is 0 Å². The number of pyridine rings is 1. The Morgan fingerprint density at radius 1 is 1.29 bits per heavy atom. The first-order chi connectivity index (χ1) is 11.5. The summed E-state index contributed by atoms with van der Waals surface area (Å²) >= 11 is 4.23. The minimum absolute atomic E-state index is 0.377. The Bertz CT molecular complexity index is 763. The summed E-state index contributed by atoms with van der Waals surface area (Å²) in [5, 5.41) is 4.60. The molecular weight excluding hydrogens is 324 g/mol. The minimum Gasteiger partial charge on any atom is -0.366 e. The van der Waals surface area contributed by atoms with Gasteiger partial charge in [0.25, 0.3) is 0 Å². The van der Waals surface area contributed by atoms with Crippen LogP contribution in [0.15, 0.2) is 36.8 Å². The number of carbonyl (C=O) groups is 1. The Balaban J connectivity index is 1.82. The fraction of sp³-hybridized carbons (Fsp3) is 0.312. The first-order valence-electron chi connectivity index (χ1n) is 7.68. The van der Waals surface area contributed by atoms with Crippen molar-refractivity contribution in [3.8, 4) is 11.1 Å². The van der Waals surface area contributed by atoms with Gasteiger partial charge in [-0.3, -0.25) is 4.79 Å². The van der Waals surface area contributed by atoms with Gasteiger partial charge in [-0.2, -0.15) is 5.10 Å². The third kappa shape index (κ3) is 3.77. The van der Waals surface area contributed by atoms with E-state index in [-0.39, 0.29) is 0 Å². The van der Waals surface area contributed by atoms with E-state index in [0.29, 0.717) is 5.03 Å². The minimum atomic E-state index is -0.557. The number of primary amides is 1. The number of anilines is 1. The van der Waals surface area contributed by atoms with Crippen LogP contribution in [0, 0.1) is 0 Å². The molecule has 0 atom stereocenters. The predicted molar refractivity (Wildman–Crippen MR) is 97.6 cm³/mol. The molecule has 1 aliphatic rings. The van der Waals surface area contributed by atoms with E-state index >= 15 is 0 Å². The van der Waals surface area contributed by atoms with E-state index in [0.717, 1.165) is 43.1 Å². The molecule has 0 radical (unpaired) electrons. The third-order valence-corrected chi connectivity index (χ3v) is 4.33. The Hall–Kier alpha value is -2.32. The van der Waals surface area contributed by atoms with E-state index in [9.17, 15) is 4.79 Å². The van der Waals surface area contributed by atoms with Crippen molar-refractivity contribution in [3.63, 3.8) is 0 Å². The molecule has 0 aliphatic carbocycles. The van der Waals surface area contributed by atoms with Gasteiger partial charge < -0.3 is 15.5 Å². The standard InChI is InChI=1S/C16H20N6OS/c1-20-4-6-21(7-5-20)15-8-12(2-3-18-15)13-10-19-22(11-13)16(24)9-14(17)23/h2-3,8-11,24H,4-7H2,1H3,(H2,17,23)/b16-9-. The van der Waals surface area contributed by atoms with Crippen molar-refractivity contribution < 1.29 is 4.79 Å². The molecule has 3 rings (SSSR count). The van der Waals surface area contributed by atoms with Crippen molar-refractivity contribution in [2.24, 2.45) is 5.73 Å². The molecule has 1 aliphatic heterocycles. The lowest BCUT2D eigenvalue weighted by Gasteiger charge is -2.33.